The Hall–Kier alpha value is -3.71. The molecule has 0 saturated carbocycles. The molecule has 0 radical (unpaired) electrons. The van der Waals surface area contributed by atoms with Crippen molar-refractivity contribution in [2.45, 2.75) is 6.54 Å². The summed E-state index contributed by atoms with van der Waals surface area (Å²) in [5.74, 6) is 1.11. The lowest BCUT2D eigenvalue weighted by Crippen LogP contribution is -2.17. The second-order valence-electron chi connectivity index (χ2n) is 6.80. The number of aromatic nitrogens is 1. The van der Waals surface area contributed by atoms with Crippen molar-refractivity contribution >= 4 is 33.6 Å². The van der Waals surface area contributed by atoms with Gasteiger partial charge in [-0.1, -0.05) is 23.5 Å². The molecular weight excluding hydrogens is 414 g/mol. The fourth-order valence-corrected chi connectivity index (χ4v) is 4.20. The maximum Gasteiger partial charge on any atom is 0.308 e. The van der Waals surface area contributed by atoms with Crippen LogP contribution >= 0.6 is 11.3 Å². The Morgan fingerprint density at radius 1 is 1.00 bits per heavy atom. The third-order valence-electron chi connectivity index (χ3n) is 4.86. The van der Waals surface area contributed by atoms with E-state index in [9.17, 15) is 14.4 Å². The monoisotopic (exact) mass is 433 g/mol. The molecule has 0 saturated heterocycles. The second-order valence-corrected chi connectivity index (χ2v) is 7.79. The second kappa shape index (κ2) is 8.97. The van der Waals surface area contributed by atoms with Crippen LogP contribution in [0.1, 0.15) is 26.3 Å². The fraction of sp³-hybridized carbons (Fsp3) is 0.125. The first kappa shape index (κ1) is 20.6. The third-order valence-corrected chi connectivity index (χ3v) is 5.80. The maximum absolute atomic E-state index is 12.8. The van der Waals surface area contributed by atoms with Gasteiger partial charge in [-0.2, -0.15) is 0 Å². The van der Waals surface area contributed by atoms with E-state index >= 15 is 0 Å². The highest BCUT2D eigenvalue weighted by molar-refractivity contribution is 7.16. The van der Waals surface area contributed by atoms with Crippen LogP contribution in [0.3, 0.4) is 0 Å². The molecule has 1 aromatic heterocycles. The van der Waals surface area contributed by atoms with Crippen LogP contribution in [-0.2, 0) is 6.54 Å². The SMILES string of the molecule is COc1cccc(C(=O)c2ccc3c(c2)sc(=O)n3CCOc2ccc(C=O)cc2)c1. The van der Waals surface area contributed by atoms with Crippen LogP contribution in [0.25, 0.3) is 10.2 Å². The largest absolute Gasteiger partial charge is 0.497 e. The predicted octanol–water partition coefficient (Wildman–Crippen LogP) is 4.19. The van der Waals surface area contributed by atoms with Crippen LogP contribution in [0.15, 0.2) is 71.5 Å². The van der Waals surface area contributed by atoms with Gasteiger partial charge in [-0.15, -0.1) is 0 Å². The molecule has 3 aromatic carbocycles. The molecule has 156 valence electrons. The number of carbonyl (C=O) groups is 2. The first-order valence-corrected chi connectivity index (χ1v) is 10.4. The molecule has 31 heavy (non-hydrogen) atoms. The lowest BCUT2D eigenvalue weighted by molar-refractivity contribution is 0.103. The summed E-state index contributed by atoms with van der Waals surface area (Å²) in [6, 6.07) is 19.0. The van der Waals surface area contributed by atoms with Crippen molar-refractivity contribution in [1.29, 1.82) is 0 Å². The van der Waals surface area contributed by atoms with E-state index in [0.29, 0.717) is 41.3 Å². The number of thiazole rings is 1. The van der Waals surface area contributed by atoms with Crippen molar-refractivity contribution in [3.8, 4) is 11.5 Å². The molecule has 0 atom stereocenters. The number of ketones is 1. The number of hydrogen-bond donors (Lipinski definition) is 0. The number of hydrogen-bond acceptors (Lipinski definition) is 6. The summed E-state index contributed by atoms with van der Waals surface area (Å²) in [7, 11) is 1.56. The Balaban J connectivity index is 1.52. The van der Waals surface area contributed by atoms with Gasteiger partial charge in [-0.3, -0.25) is 19.0 Å². The van der Waals surface area contributed by atoms with Crippen molar-refractivity contribution in [2.24, 2.45) is 0 Å². The summed E-state index contributed by atoms with van der Waals surface area (Å²) in [6.45, 7) is 0.675. The average molecular weight is 433 g/mol. The van der Waals surface area contributed by atoms with Gasteiger partial charge in [0.05, 0.1) is 23.9 Å². The fourth-order valence-electron chi connectivity index (χ4n) is 3.25. The summed E-state index contributed by atoms with van der Waals surface area (Å²) in [6.07, 6.45) is 0.772. The minimum Gasteiger partial charge on any atom is -0.497 e. The lowest BCUT2D eigenvalue weighted by atomic mass is 10.0. The Bertz CT molecular complexity index is 1300. The first-order valence-electron chi connectivity index (χ1n) is 9.59. The smallest absolute Gasteiger partial charge is 0.308 e. The van der Waals surface area contributed by atoms with E-state index in [-0.39, 0.29) is 10.7 Å². The standard InChI is InChI=1S/C24H19NO5S/c1-29-20-4-2-3-17(13-20)23(27)18-7-10-21-22(14-18)31-24(28)25(21)11-12-30-19-8-5-16(15-26)6-9-19/h2-10,13-15H,11-12H2,1H3. The van der Waals surface area contributed by atoms with Crippen molar-refractivity contribution in [2.75, 3.05) is 13.7 Å². The molecule has 0 amide bonds. The van der Waals surface area contributed by atoms with Crippen LogP contribution < -0.4 is 14.3 Å². The van der Waals surface area contributed by atoms with Crippen molar-refractivity contribution < 1.29 is 19.1 Å². The minimum atomic E-state index is -0.129. The summed E-state index contributed by atoms with van der Waals surface area (Å²) in [4.78, 5) is 35.9. The molecule has 0 aliphatic heterocycles. The zero-order valence-electron chi connectivity index (χ0n) is 16.7. The predicted molar refractivity (Wildman–Crippen MR) is 120 cm³/mol. The summed E-state index contributed by atoms with van der Waals surface area (Å²) in [5, 5.41) is 0. The highest BCUT2D eigenvalue weighted by Crippen LogP contribution is 2.22. The van der Waals surface area contributed by atoms with Gasteiger partial charge in [0.25, 0.3) is 0 Å². The molecule has 0 N–H and O–H groups in total. The molecule has 0 aliphatic rings. The molecule has 0 bridgehead atoms. The number of nitrogens with zero attached hydrogens (tertiary/aromatic N) is 1. The molecular formula is C24H19NO5S. The van der Waals surface area contributed by atoms with Crippen LogP contribution in [0.5, 0.6) is 11.5 Å². The van der Waals surface area contributed by atoms with Gasteiger partial charge >= 0.3 is 4.87 Å². The number of aldehydes is 1. The van der Waals surface area contributed by atoms with Crippen molar-refractivity contribution in [1.82, 2.24) is 4.57 Å². The van der Waals surface area contributed by atoms with E-state index < -0.39 is 0 Å². The van der Waals surface area contributed by atoms with Gasteiger partial charge < -0.3 is 9.47 Å². The van der Waals surface area contributed by atoms with Crippen molar-refractivity contribution in [3.63, 3.8) is 0 Å². The number of methoxy groups -OCH3 is 1. The molecule has 7 heteroatoms. The zero-order valence-corrected chi connectivity index (χ0v) is 17.6. The number of rotatable bonds is 8. The first-order chi connectivity index (χ1) is 15.1. The van der Waals surface area contributed by atoms with Gasteiger partial charge in [0.1, 0.15) is 24.4 Å². The maximum atomic E-state index is 12.8. The minimum absolute atomic E-state index is 0.110. The highest BCUT2D eigenvalue weighted by Gasteiger charge is 2.14. The highest BCUT2D eigenvalue weighted by atomic mass is 32.1. The van der Waals surface area contributed by atoms with Crippen LogP contribution in [-0.4, -0.2) is 30.4 Å². The Morgan fingerprint density at radius 2 is 1.77 bits per heavy atom. The average Bonchev–Trinajstić information content (AvgIpc) is 3.13. The third kappa shape index (κ3) is 4.41. The van der Waals surface area contributed by atoms with E-state index in [4.69, 9.17) is 9.47 Å². The van der Waals surface area contributed by atoms with Crippen molar-refractivity contribution in [3.05, 3.63) is 93.1 Å². The topological polar surface area (TPSA) is 74.6 Å². The van der Waals surface area contributed by atoms with E-state index in [1.54, 1.807) is 78.4 Å². The Labute approximate surface area is 182 Å². The lowest BCUT2D eigenvalue weighted by Gasteiger charge is -2.08. The van der Waals surface area contributed by atoms with Gasteiger partial charge in [-0.25, -0.2) is 0 Å². The van der Waals surface area contributed by atoms with Gasteiger partial charge in [0.2, 0.25) is 0 Å². The molecule has 0 fully saturated rings. The molecule has 4 rings (SSSR count). The van der Waals surface area contributed by atoms with Gasteiger partial charge in [-0.05, 0) is 54.6 Å². The van der Waals surface area contributed by atoms with E-state index in [1.807, 2.05) is 0 Å². The van der Waals surface area contributed by atoms with E-state index in [0.717, 1.165) is 27.8 Å². The van der Waals surface area contributed by atoms with Crippen LogP contribution in [0.2, 0.25) is 0 Å². The summed E-state index contributed by atoms with van der Waals surface area (Å²) >= 11 is 1.10. The quantitative estimate of drug-likeness (QED) is 0.308. The normalized spacial score (nSPS) is 10.7. The Kier molecular flexibility index (Phi) is 5.95. The van der Waals surface area contributed by atoms with Gasteiger partial charge in [0.15, 0.2) is 5.78 Å². The van der Waals surface area contributed by atoms with Crippen LogP contribution in [0, 0.1) is 0 Å². The molecule has 0 aliphatic carbocycles. The summed E-state index contributed by atoms with van der Waals surface area (Å²) in [5.41, 5.74) is 2.38. The number of carbonyl (C=O) groups excluding carboxylic acids is 2. The molecule has 1 heterocycles. The molecule has 0 spiro atoms. The zero-order chi connectivity index (χ0) is 21.8. The van der Waals surface area contributed by atoms with E-state index in [2.05, 4.69) is 0 Å². The van der Waals surface area contributed by atoms with E-state index in [1.165, 1.54) is 0 Å². The number of ether oxygens (including phenoxy) is 2. The molecule has 6 nitrogen and oxygen atoms in total. The van der Waals surface area contributed by atoms with Crippen LogP contribution in [0.4, 0.5) is 0 Å². The number of benzene rings is 3. The number of fused-ring (bicyclic) bond motifs is 1. The molecule has 0 unspecified atom stereocenters. The van der Waals surface area contributed by atoms with Gasteiger partial charge in [0, 0.05) is 16.7 Å². The Morgan fingerprint density at radius 3 is 2.52 bits per heavy atom. The summed E-state index contributed by atoms with van der Waals surface area (Å²) < 4.78 is 13.3. The molecule has 4 aromatic rings.